The van der Waals surface area contributed by atoms with Crippen LogP contribution >= 0.6 is 0 Å². The van der Waals surface area contributed by atoms with Crippen LogP contribution < -0.4 is 10.3 Å². The van der Waals surface area contributed by atoms with Gasteiger partial charge in [-0.2, -0.15) is 0 Å². The summed E-state index contributed by atoms with van der Waals surface area (Å²) in [6, 6.07) is 7.12. The first-order valence-electron chi connectivity index (χ1n) is 5.97. The molecule has 8 nitrogen and oxygen atoms in total. The minimum Gasteiger partial charge on any atom is -0.496 e. The summed E-state index contributed by atoms with van der Waals surface area (Å²) in [4.78, 5) is 25.7. The Morgan fingerprint density at radius 2 is 2.14 bits per heavy atom. The molecule has 2 aromatic heterocycles. The smallest absolute Gasteiger partial charge is 0.358 e. The molecule has 21 heavy (non-hydrogen) atoms. The molecule has 1 aromatic carbocycles. The van der Waals surface area contributed by atoms with Gasteiger partial charge >= 0.3 is 5.97 Å². The van der Waals surface area contributed by atoms with Crippen LogP contribution in [0, 0.1) is 0 Å². The number of nitrogens with zero attached hydrogens (tertiary/aromatic N) is 3. The van der Waals surface area contributed by atoms with E-state index in [-0.39, 0.29) is 11.2 Å². The standard InChI is InChI=1S/C13H10N4O4/c1-21-9-5-3-2-4-7(9)8-6-17-11(12(18)14-8)10(13(19)20)15-16-17/h2-6H,1H3,(H,14,18)(H,19,20). The first kappa shape index (κ1) is 12.9. The molecule has 3 rings (SSSR count). The number of benzene rings is 1. The zero-order valence-corrected chi connectivity index (χ0v) is 10.9. The fraction of sp³-hybridized carbons (Fsp3) is 0.0769. The van der Waals surface area contributed by atoms with Crippen molar-refractivity contribution in [2.45, 2.75) is 0 Å². The van der Waals surface area contributed by atoms with E-state index in [9.17, 15) is 9.59 Å². The van der Waals surface area contributed by atoms with Crippen LogP contribution in [0.25, 0.3) is 16.8 Å². The third kappa shape index (κ3) is 2.02. The summed E-state index contributed by atoms with van der Waals surface area (Å²) in [7, 11) is 1.52. The van der Waals surface area contributed by atoms with Crippen molar-refractivity contribution in [1.82, 2.24) is 19.8 Å². The highest BCUT2D eigenvalue weighted by Gasteiger charge is 2.18. The second-order valence-electron chi connectivity index (χ2n) is 4.23. The normalized spacial score (nSPS) is 10.7. The molecule has 0 fully saturated rings. The fourth-order valence-electron chi connectivity index (χ4n) is 2.08. The van der Waals surface area contributed by atoms with Crippen molar-refractivity contribution in [2.75, 3.05) is 7.11 Å². The van der Waals surface area contributed by atoms with Crippen LogP contribution in [0.5, 0.6) is 5.75 Å². The molecule has 106 valence electrons. The number of aromatic carboxylic acids is 1. The highest BCUT2D eigenvalue weighted by Crippen LogP contribution is 2.27. The van der Waals surface area contributed by atoms with Crippen LogP contribution in [0.15, 0.2) is 35.3 Å². The lowest BCUT2D eigenvalue weighted by molar-refractivity contribution is 0.0692. The zero-order valence-electron chi connectivity index (χ0n) is 10.9. The number of fused-ring (bicyclic) bond motifs is 1. The molecule has 0 saturated heterocycles. The second kappa shape index (κ2) is 4.75. The molecule has 0 radical (unpaired) electrons. The zero-order chi connectivity index (χ0) is 15.0. The molecule has 0 bridgehead atoms. The average Bonchev–Trinajstić information content (AvgIpc) is 2.92. The number of rotatable bonds is 3. The van der Waals surface area contributed by atoms with Gasteiger partial charge in [-0.3, -0.25) is 4.79 Å². The molecule has 0 aliphatic rings. The molecular weight excluding hydrogens is 276 g/mol. The van der Waals surface area contributed by atoms with E-state index in [1.165, 1.54) is 13.3 Å². The Balaban J connectivity index is 2.27. The summed E-state index contributed by atoms with van der Waals surface area (Å²) in [5.41, 5.74) is 0.0305. The molecule has 0 atom stereocenters. The Hall–Kier alpha value is -3.16. The Morgan fingerprint density at radius 1 is 1.38 bits per heavy atom. The molecule has 3 aromatic rings. The summed E-state index contributed by atoms with van der Waals surface area (Å²) < 4.78 is 6.38. The van der Waals surface area contributed by atoms with Crippen LogP contribution in [0.4, 0.5) is 0 Å². The molecule has 2 heterocycles. The summed E-state index contributed by atoms with van der Waals surface area (Å²) in [6.45, 7) is 0. The number of nitrogens with one attached hydrogen (secondary N) is 1. The number of hydrogen-bond donors (Lipinski definition) is 2. The highest BCUT2D eigenvalue weighted by molar-refractivity contribution is 5.92. The predicted octanol–water partition coefficient (Wildman–Crippen LogP) is 0.791. The number of carbonyl (C=O) groups is 1. The van der Waals surface area contributed by atoms with E-state index in [1.54, 1.807) is 24.3 Å². The predicted molar refractivity (Wildman–Crippen MR) is 72.6 cm³/mol. The van der Waals surface area contributed by atoms with Gasteiger partial charge in [0.15, 0.2) is 5.52 Å². The van der Waals surface area contributed by atoms with E-state index >= 15 is 0 Å². The Bertz CT molecular complexity index is 897. The van der Waals surface area contributed by atoms with Gasteiger partial charge in [0.2, 0.25) is 5.69 Å². The van der Waals surface area contributed by atoms with Gasteiger partial charge in [0.05, 0.1) is 19.0 Å². The van der Waals surface area contributed by atoms with Crippen molar-refractivity contribution in [3.8, 4) is 17.0 Å². The number of aromatic nitrogens is 4. The topological polar surface area (TPSA) is 110 Å². The number of carboxylic acid groups (broad SMARTS) is 1. The lowest BCUT2D eigenvalue weighted by Gasteiger charge is -2.08. The van der Waals surface area contributed by atoms with E-state index in [0.29, 0.717) is 17.0 Å². The van der Waals surface area contributed by atoms with Gasteiger partial charge in [-0.25, -0.2) is 9.31 Å². The minimum atomic E-state index is -1.31. The molecule has 0 spiro atoms. The number of methoxy groups -OCH3 is 1. The third-order valence-corrected chi connectivity index (χ3v) is 3.01. The summed E-state index contributed by atoms with van der Waals surface area (Å²) >= 11 is 0. The Labute approximate surface area is 117 Å². The van der Waals surface area contributed by atoms with Crippen LogP contribution in [-0.4, -0.2) is 38.0 Å². The molecule has 0 aliphatic heterocycles. The number of para-hydroxylation sites is 1. The largest absolute Gasteiger partial charge is 0.496 e. The van der Waals surface area contributed by atoms with Gasteiger partial charge < -0.3 is 14.8 Å². The van der Waals surface area contributed by atoms with Gasteiger partial charge in [0.25, 0.3) is 5.56 Å². The van der Waals surface area contributed by atoms with E-state index in [2.05, 4.69) is 15.3 Å². The van der Waals surface area contributed by atoms with Crippen molar-refractivity contribution in [3.05, 3.63) is 46.5 Å². The minimum absolute atomic E-state index is 0.110. The van der Waals surface area contributed by atoms with Crippen molar-refractivity contribution >= 4 is 11.5 Å². The number of carboxylic acids is 1. The number of H-pyrrole nitrogens is 1. The summed E-state index contributed by atoms with van der Waals surface area (Å²) in [5.74, 6) is -0.730. The first-order valence-corrected chi connectivity index (χ1v) is 5.97. The van der Waals surface area contributed by atoms with E-state index < -0.39 is 11.5 Å². The van der Waals surface area contributed by atoms with Crippen molar-refractivity contribution < 1.29 is 14.6 Å². The fourth-order valence-corrected chi connectivity index (χ4v) is 2.08. The maximum absolute atomic E-state index is 12.1. The van der Waals surface area contributed by atoms with Crippen LogP contribution in [0.1, 0.15) is 10.5 Å². The Morgan fingerprint density at radius 3 is 2.86 bits per heavy atom. The van der Waals surface area contributed by atoms with Crippen LogP contribution in [0.2, 0.25) is 0 Å². The van der Waals surface area contributed by atoms with Gasteiger partial charge in [0, 0.05) is 5.56 Å². The number of aromatic amines is 1. The molecular formula is C13H10N4O4. The molecule has 8 heteroatoms. The number of hydrogen-bond acceptors (Lipinski definition) is 5. The van der Waals surface area contributed by atoms with E-state index in [0.717, 1.165) is 4.52 Å². The van der Waals surface area contributed by atoms with Gasteiger partial charge in [-0.1, -0.05) is 17.3 Å². The van der Waals surface area contributed by atoms with Crippen LogP contribution in [0.3, 0.4) is 0 Å². The summed E-state index contributed by atoms with van der Waals surface area (Å²) in [6.07, 6.45) is 1.49. The molecule has 0 aliphatic carbocycles. The molecule has 0 amide bonds. The van der Waals surface area contributed by atoms with Gasteiger partial charge in [-0.05, 0) is 12.1 Å². The quantitative estimate of drug-likeness (QED) is 0.736. The summed E-state index contributed by atoms with van der Waals surface area (Å²) in [5, 5.41) is 16.1. The van der Waals surface area contributed by atoms with Crippen molar-refractivity contribution in [1.29, 1.82) is 0 Å². The second-order valence-corrected chi connectivity index (χ2v) is 4.23. The van der Waals surface area contributed by atoms with Gasteiger partial charge in [0.1, 0.15) is 5.75 Å². The average molecular weight is 286 g/mol. The highest BCUT2D eigenvalue weighted by atomic mass is 16.5. The molecule has 0 saturated carbocycles. The van der Waals surface area contributed by atoms with Crippen molar-refractivity contribution in [3.63, 3.8) is 0 Å². The van der Waals surface area contributed by atoms with E-state index in [4.69, 9.17) is 9.84 Å². The van der Waals surface area contributed by atoms with E-state index in [1.807, 2.05) is 0 Å². The number of ether oxygens (including phenoxy) is 1. The van der Waals surface area contributed by atoms with Crippen LogP contribution in [-0.2, 0) is 0 Å². The first-order chi connectivity index (χ1) is 10.1. The van der Waals surface area contributed by atoms with Crippen molar-refractivity contribution in [2.24, 2.45) is 0 Å². The molecule has 0 unspecified atom stereocenters. The lowest BCUT2D eigenvalue weighted by Crippen LogP contribution is -2.14. The van der Waals surface area contributed by atoms with Gasteiger partial charge in [-0.15, -0.1) is 5.10 Å². The lowest BCUT2D eigenvalue weighted by atomic mass is 10.1. The Kier molecular flexibility index (Phi) is 2.90. The third-order valence-electron chi connectivity index (χ3n) is 3.01. The monoisotopic (exact) mass is 286 g/mol. The maximum Gasteiger partial charge on any atom is 0.358 e. The molecule has 2 N–H and O–H groups in total. The SMILES string of the molecule is COc1ccccc1-c1cn2nnc(C(=O)O)c2c(=O)[nH]1. The maximum atomic E-state index is 12.1.